The van der Waals surface area contributed by atoms with Gasteiger partial charge in [-0.2, -0.15) is 0 Å². The van der Waals surface area contributed by atoms with E-state index >= 15 is 4.57 Å². The Morgan fingerprint density at radius 3 is 1.95 bits per heavy atom. The number of aliphatic hydroxyl groups is 1. The molecule has 0 aromatic heterocycles. The normalized spacial score (nSPS) is 20.4. The zero-order valence-electron chi connectivity index (χ0n) is 21.0. The number of anilines is 2. The molecule has 0 saturated heterocycles. The van der Waals surface area contributed by atoms with Crippen LogP contribution in [-0.4, -0.2) is 5.11 Å². The smallest absolute Gasteiger partial charge is 0.296 e. The molecule has 5 nitrogen and oxygen atoms in total. The summed E-state index contributed by atoms with van der Waals surface area (Å²) in [6.45, 7) is 1.97. The largest absolute Gasteiger partial charge is 0.512 e. The van der Waals surface area contributed by atoms with E-state index in [4.69, 9.17) is 16.0 Å². The molecule has 38 heavy (non-hydrogen) atoms. The fourth-order valence-corrected chi connectivity index (χ4v) is 9.15. The first-order valence-corrected chi connectivity index (χ1v) is 14.3. The minimum atomic E-state index is -3.83. The van der Waals surface area contributed by atoms with Gasteiger partial charge in [-0.3, -0.25) is 4.57 Å². The minimum Gasteiger partial charge on any atom is -0.512 e. The summed E-state index contributed by atoms with van der Waals surface area (Å²) < 4.78 is 22.9. The van der Waals surface area contributed by atoms with E-state index in [9.17, 15) is 5.11 Å². The van der Waals surface area contributed by atoms with E-state index in [-0.39, 0.29) is 5.92 Å². The SMILES string of the molecule is CC1CC(C(c2ccc(N)cc2)(c2ccc(N)cc2)P2(=O)Oc3ccccc3-c3ccccc32)=CC=C1O. The topological polar surface area (TPSA) is 98.6 Å². The van der Waals surface area contributed by atoms with E-state index < -0.39 is 12.5 Å². The zero-order valence-corrected chi connectivity index (χ0v) is 21.9. The summed E-state index contributed by atoms with van der Waals surface area (Å²) in [4.78, 5) is 0. The van der Waals surface area contributed by atoms with Crippen molar-refractivity contribution in [1.29, 1.82) is 0 Å². The molecule has 0 fully saturated rings. The maximum absolute atomic E-state index is 16.1. The van der Waals surface area contributed by atoms with Crippen molar-refractivity contribution in [2.45, 2.75) is 18.5 Å². The van der Waals surface area contributed by atoms with Gasteiger partial charge in [0, 0.05) is 22.9 Å². The molecule has 4 aromatic rings. The molecule has 190 valence electrons. The van der Waals surface area contributed by atoms with Crippen LogP contribution in [-0.2, 0) is 9.72 Å². The summed E-state index contributed by atoms with van der Waals surface area (Å²) in [5.41, 5.74) is 17.7. The fourth-order valence-electron chi connectivity index (χ4n) is 5.80. The Morgan fingerprint density at radius 1 is 0.789 bits per heavy atom. The quantitative estimate of drug-likeness (QED) is 0.196. The molecule has 5 N–H and O–H groups in total. The second-order valence-corrected chi connectivity index (χ2v) is 12.4. The molecule has 1 heterocycles. The van der Waals surface area contributed by atoms with Crippen LogP contribution in [0.3, 0.4) is 0 Å². The van der Waals surface area contributed by atoms with Crippen LogP contribution in [0.25, 0.3) is 11.1 Å². The number of para-hydroxylation sites is 1. The van der Waals surface area contributed by atoms with Crippen LogP contribution in [0.5, 0.6) is 5.75 Å². The summed E-state index contributed by atoms with van der Waals surface area (Å²) >= 11 is 0. The predicted octanol–water partition coefficient (Wildman–Crippen LogP) is 7.17. The first-order valence-electron chi connectivity index (χ1n) is 12.7. The third-order valence-corrected chi connectivity index (χ3v) is 10.8. The highest BCUT2D eigenvalue weighted by Gasteiger charge is 2.59. The number of hydrogen-bond donors (Lipinski definition) is 3. The fraction of sp³-hybridized carbons (Fsp3) is 0.125. The predicted molar refractivity (Wildman–Crippen MR) is 155 cm³/mol. The zero-order chi connectivity index (χ0) is 26.5. The lowest BCUT2D eigenvalue weighted by atomic mass is 9.77. The molecule has 0 spiro atoms. The van der Waals surface area contributed by atoms with Crippen LogP contribution in [0.2, 0.25) is 0 Å². The average molecular weight is 521 g/mol. The van der Waals surface area contributed by atoms with Gasteiger partial charge in [0.2, 0.25) is 0 Å². The molecule has 1 aliphatic carbocycles. The molecule has 2 unspecified atom stereocenters. The van der Waals surface area contributed by atoms with Gasteiger partial charge < -0.3 is 21.1 Å². The van der Waals surface area contributed by atoms with Crippen LogP contribution in [0.4, 0.5) is 11.4 Å². The summed E-state index contributed by atoms with van der Waals surface area (Å²) in [6, 6.07) is 30.6. The lowest BCUT2D eigenvalue weighted by molar-refractivity contribution is 0.332. The molecule has 0 amide bonds. The molecule has 0 bridgehead atoms. The van der Waals surface area contributed by atoms with Gasteiger partial charge in [0.15, 0.2) is 0 Å². The van der Waals surface area contributed by atoms with E-state index in [2.05, 4.69) is 0 Å². The Bertz CT molecular complexity index is 1590. The highest BCUT2D eigenvalue weighted by molar-refractivity contribution is 7.69. The first-order chi connectivity index (χ1) is 18.3. The van der Waals surface area contributed by atoms with Crippen molar-refractivity contribution in [3.05, 3.63) is 132 Å². The van der Waals surface area contributed by atoms with Gasteiger partial charge in [0.25, 0.3) is 7.37 Å². The van der Waals surface area contributed by atoms with Crippen molar-refractivity contribution in [1.82, 2.24) is 0 Å². The summed E-state index contributed by atoms with van der Waals surface area (Å²) in [7, 11) is -3.83. The number of fused-ring (bicyclic) bond motifs is 3. The number of aliphatic hydroxyl groups excluding tert-OH is 1. The van der Waals surface area contributed by atoms with E-state index in [0.717, 1.165) is 27.8 Å². The molecule has 4 aromatic carbocycles. The van der Waals surface area contributed by atoms with Crippen molar-refractivity contribution in [2.75, 3.05) is 11.5 Å². The van der Waals surface area contributed by atoms with Crippen molar-refractivity contribution >= 4 is 24.0 Å². The second-order valence-electron chi connectivity index (χ2n) is 10.00. The van der Waals surface area contributed by atoms with Gasteiger partial charge in [-0.1, -0.05) is 73.7 Å². The Labute approximate surface area is 222 Å². The number of benzene rings is 4. The lowest BCUT2D eigenvalue weighted by Crippen LogP contribution is -2.39. The van der Waals surface area contributed by atoms with Crippen LogP contribution >= 0.6 is 7.37 Å². The van der Waals surface area contributed by atoms with Crippen LogP contribution in [0.1, 0.15) is 24.5 Å². The van der Waals surface area contributed by atoms with Gasteiger partial charge >= 0.3 is 0 Å². The first kappa shape index (κ1) is 24.1. The molecule has 0 saturated carbocycles. The molecular formula is C32H29N2O3P. The molecular weight excluding hydrogens is 491 g/mol. The standard InChI is InChI=1S/C32H29N2O3P/c1-21-20-24(14-19-29(21)35)32(22-10-15-25(33)16-11-22,23-12-17-26(34)18-13-23)38(36)31-9-5-3-7-28(31)27-6-2-4-8-30(27)37-38/h2-19,21,35H,20,33-34H2,1H3. The maximum Gasteiger partial charge on any atom is 0.296 e. The third-order valence-electron chi connectivity index (χ3n) is 7.67. The van der Waals surface area contributed by atoms with E-state index in [1.165, 1.54) is 0 Å². The summed E-state index contributed by atoms with van der Waals surface area (Å²) in [5.74, 6) is 0.717. The molecule has 2 aliphatic rings. The van der Waals surface area contributed by atoms with Crippen molar-refractivity contribution in [2.24, 2.45) is 5.92 Å². The molecule has 1 aliphatic heterocycles. The van der Waals surface area contributed by atoms with Gasteiger partial charge in [-0.05, 0) is 71.2 Å². The van der Waals surface area contributed by atoms with E-state index in [0.29, 0.717) is 34.6 Å². The van der Waals surface area contributed by atoms with Crippen molar-refractivity contribution < 1.29 is 14.2 Å². The second kappa shape index (κ2) is 8.97. The van der Waals surface area contributed by atoms with Crippen LogP contribution in [0, 0.1) is 5.92 Å². The molecule has 2 atom stereocenters. The Hall–Kier alpha value is -4.21. The number of nitrogens with two attached hydrogens (primary N) is 2. The number of allylic oxidation sites excluding steroid dienone is 4. The summed E-state index contributed by atoms with van der Waals surface area (Å²) in [6.07, 6.45) is 4.10. The minimum absolute atomic E-state index is 0.157. The van der Waals surface area contributed by atoms with Gasteiger partial charge in [-0.25, -0.2) is 0 Å². The van der Waals surface area contributed by atoms with Gasteiger partial charge in [0.05, 0.1) is 11.1 Å². The van der Waals surface area contributed by atoms with Gasteiger partial charge in [0.1, 0.15) is 10.9 Å². The molecule has 6 rings (SSSR count). The van der Waals surface area contributed by atoms with Gasteiger partial charge in [-0.15, -0.1) is 0 Å². The Morgan fingerprint density at radius 2 is 1.34 bits per heavy atom. The highest BCUT2D eigenvalue weighted by Crippen LogP contribution is 2.72. The highest BCUT2D eigenvalue weighted by atomic mass is 31.2. The van der Waals surface area contributed by atoms with E-state index in [1.54, 1.807) is 6.08 Å². The van der Waals surface area contributed by atoms with Crippen molar-refractivity contribution in [3.8, 4) is 16.9 Å². The summed E-state index contributed by atoms with van der Waals surface area (Å²) in [5, 5.41) is 9.95. The average Bonchev–Trinajstić information content (AvgIpc) is 2.93. The van der Waals surface area contributed by atoms with Crippen LogP contribution < -0.4 is 21.3 Å². The van der Waals surface area contributed by atoms with Crippen LogP contribution in [0.15, 0.2) is 121 Å². The lowest BCUT2D eigenvalue weighted by Gasteiger charge is -2.46. The Balaban J connectivity index is 1.77. The third kappa shape index (κ3) is 3.50. The number of rotatable bonds is 4. The monoisotopic (exact) mass is 520 g/mol. The van der Waals surface area contributed by atoms with E-state index in [1.807, 2.05) is 110 Å². The Kier molecular flexibility index (Phi) is 5.70. The maximum atomic E-state index is 16.1. The number of hydrogen-bond acceptors (Lipinski definition) is 5. The molecule has 0 radical (unpaired) electrons. The number of nitrogen functional groups attached to an aromatic ring is 2. The molecule has 6 heteroatoms. The van der Waals surface area contributed by atoms with Crippen molar-refractivity contribution in [3.63, 3.8) is 0 Å².